The minimum absolute atomic E-state index is 0.186. The highest BCUT2D eigenvalue weighted by atomic mass is 16.3. The number of rotatable bonds is 5. The number of carbonyl (C=O) groups is 1. The number of nitrogens with zero attached hydrogens (tertiary/aromatic N) is 3. The minimum atomic E-state index is -0.248. The average molecular weight is 416 g/mol. The first-order valence-corrected chi connectivity index (χ1v) is 10.6. The molecule has 2 aromatic carbocycles. The number of amides is 1. The SMILES string of the molecule is CCC(=O)N1CCC(Cc2n[nH]c(=O)n2-c2ccc(-c3ccc4occc4c3)cc2)C1. The molecule has 1 saturated heterocycles. The molecule has 158 valence electrons. The van der Waals surface area contributed by atoms with Crippen LogP contribution in [0, 0.1) is 5.92 Å². The first-order valence-electron chi connectivity index (χ1n) is 10.6. The molecular weight excluding hydrogens is 392 g/mol. The zero-order valence-corrected chi connectivity index (χ0v) is 17.4. The summed E-state index contributed by atoms with van der Waals surface area (Å²) in [5.74, 6) is 1.20. The summed E-state index contributed by atoms with van der Waals surface area (Å²) in [5, 5.41) is 7.91. The van der Waals surface area contributed by atoms with E-state index in [2.05, 4.69) is 16.3 Å². The number of carbonyl (C=O) groups excluding carboxylic acids is 1. The van der Waals surface area contributed by atoms with E-state index in [4.69, 9.17) is 4.42 Å². The first kappa shape index (κ1) is 19.4. The lowest BCUT2D eigenvalue weighted by atomic mass is 10.0. The van der Waals surface area contributed by atoms with E-state index in [-0.39, 0.29) is 11.6 Å². The Morgan fingerprint density at radius 3 is 2.77 bits per heavy atom. The molecule has 2 aromatic heterocycles. The third-order valence-electron chi connectivity index (χ3n) is 6.07. The van der Waals surface area contributed by atoms with Crippen LogP contribution in [-0.4, -0.2) is 38.7 Å². The maximum absolute atomic E-state index is 12.5. The summed E-state index contributed by atoms with van der Waals surface area (Å²) in [5.41, 5.74) is 3.55. The maximum Gasteiger partial charge on any atom is 0.347 e. The molecule has 0 radical (unpaired) electrons. The molecule has 3 heterocycles. The van der Waals surface area contributed by atoms with Gasteiger partial charge in [0.1, 0.15) is 11.4 Å². The van der Waals surface area contributed by atoms with Crippen molar-refractivity contribution in [3.8, 4) is 16.8 Å². The Labute approximate surface area is 179 Å². The Balaban J connectivity index is 1.38. The van der Waals surface area contributed by atoms with Crippen LogP contribution in [0.4, 0.5) is 0 Å². The topological polar surface area (TPSA) is 84.1 Å². The van der Waals surface area contributed by atoms with Gasteiger partial charge in [0.2, 0.25) is 5.91 Å². The molecule has 0 saturated carbocycles. The van der Waals surface area contributed by atoms with Gasteiger partial charge < -0.3 is 9.32 Å². The highest BCUT2D eigenvalue weighted by molar-refractivity contribution is 5.83. The molecule has 1 atom stereocenters. The number of fused-ring (bicyclic) bond motifs is 1. The van der Waals surface area contributed by atoms with E-state index in [9.17, 15) is 9.59 Å². The molecule has 1 fully saturated rings. The Kier molecular flexibility index (Phi) is 4.94. The summed E-state index contributed by atoms with van der Waals surface area (Å²) in [6, 6.07) is 15.9. The lowest BCUT2D eigenvalue weighted by Gasteiger charge is -2.15. The van der Waals surface area contributed by atoms with Crippen molar-refractivity contribution in [1.82, 2.24) is 19.7 Å². The van der Waals surface area contributed by atoms with Crippen molar-refractivity contribution in [2.24, 2.45) is 5.92 Å². The highest BCUT2D eigenvalue weighted by Gasteiger charge is 2.27. The summed E-state index contributed by atoms with van der Waals surface area (Å²) in [7, 11) is 0. The average Bonchev–Trinajstić information content (AvgIpc) is 3.53. The zero-order chi connectivity index (χ0) is 21.4. The van der Waals surface area contributed by atoms with Crippen molar-refractivity contribution in [3.05, 3.63) is 71.1 Å². The fraction of sp³-hybridized carbons (Fsp3) is 0.292. The molecule has 7 nitrogen and oxygen atoms in total. The number of nitrogens with one attached hydrogen (secondary N) is 1. The number of hydrogen-bond donors (Lipinski definition) is 1. The van der Waals surface area contributed by atoms with E-state index in [1.165, 1.54) is 0 Å². The van der Waals surface area contributed by atoms with Crippen molar-refractivity contribution in [2.75, 3.05) is 13.1 Å². The maximum atomic E-state index is 12.5. The van der Waals surface area contributed by atoms with Crippen molar-refractivity contribution < 1.29 is 9.21 Å². The number of benzene rings is 2. The largest absolute Gasteiger partial charge is 0.464 e. The second-order valence-corrected chi connectivity index (χ2v) is 8.05. The molecule has 1 N–H and O–H groups in total. The summed E-state index contributed by atoms with van der Waals surface area (Å²) in [6.07, 6.45) is 3.80. The van der Waals surface area contributed by atoms with Crippen LogP contribution in [0.2, 0.25) is 0 Å². The van der Waals surface area contributed by atoms with Gasteiger partial charge in [-0.2, -0.15) is 5.10 Å². The number of aromatic nitrogens is 3. The molecule has 1 aliphatic heterocycles. The van der Waals surface area contributed by atoms with Gasteiger partial charge in [-0.25, -0.2) is 14.5 Å². The monoisotopic (exact) mass is 416 g/mol. The molecule has 5 rings (SSSR count). The Hall–Kier alpha value is -3.61. The van der Waals surface area contributed by atoms with Gasteiger partial charge in [0.25, 0.3) is 0 Å². The van der Waals surface area contributed by atoms with Gasteiger partial charge in [0, 0.05) is 31.3 Å². The molecule has 31 heavy (non-hydrogen) atoms. The van der Waals surface area contributed by atoms with Crippen LogP contribution >= 0.6 is 0 Å². The van der Waals surface area contributed by atoms with Gasteiger partial charge in [-0.1, -0.05) is 25.1 Å². The lowest BCUT2D eigenvalue weighted by Crippen LogP contribution is -2.28. The molecule has 1 amide bonds. The van der Waals surface area contributed by atoms with Gasteiger partial charge in [-0.15, -0.1) is 0 Å². The first-order chi connectivity index (χ1) is 15.1. The van der Waals surface area contributed by atoms with Gasteiger partial charge in [0.15, 0.2) is 0 Å². The van der Waals surface area contributed by atoms with Crippen LogP contribution in [0.1, 0.15) is 25.6 Å². The van der Waals surface area contributed by atoms with Crippen LogP contribution in [0.5, 0.6) is 0 Å². The number of aromatic amines is 1. The Morgan fingerprint density at radius 1 is 1.16 bits per heavy atom. The normalized spacial score (nSPS) is 16.3. The van der Waals surface area contributed by atoms with E-state index in [1.807, 2.05) is 54.3 Å². The molecule has 0 spiro atoms. The summed E-state index contributed by atoms with van der Waals surface area (Å²) < 4.78 is 7.05. The molecule has 0 bridgehead atoms. The van der Waals surface area contributed by atoms with E-state index >= 15 is 0 Å². The zero-order valence-electron chi connectivity index (χ0n) is 17.4. The Bertz CT molecular complexity index is 1280. The molecule has 4 aromatic rings. The predicted molar refractivity (Wildman–Crippen MR) is 118 cm³/mol. The van der Waals surface area contributed by atoms with E-state index in [0.717, 1.165) is 47.3 Å². The molecule has 1 unspecified atom stereocenters. The third-order valence-corrected chi connectivity index (χ3v) is 6.07. The summed E-state index contributed by atoms with van der Waals surface area (Å²) in [4.78, 5) is 26.3. The quantitative estimate of drug-likeness (QED) is 0.537. The van der Waals surface area contributed by atoms with Crippen LogP contribution in [0.3, 0.4) is 0 Å². The van der Waals surface area contributed by atoms with E-state index in [0.29, 0.717) is 24.6 Å². The van der Waals surface area contributed by atoms with Gasteiger partial charge in [0.05, 0.1) is 12.0 Å². The van der Waals surface area contributed by atoms with Crippen LogP contribution in [-0.2, 0) is 11.2 Å². The summed E-state index contributed by atoms with van der Waals surface area (Å²) >= 11 is 0. The molecule has 7 heteroatoms. The Morgan fingerprint density at radius 2 is 1.97 bits per heavy atom. The van der Waals surface area contributed by atoms with Crippen molar-refractivity contribution in [1.29, 1.82) is 0 Å². The fourth-order valence-corrected chi connectivity index (χ4v) is 4.39. The molecule has 1 aliphatic rings. The minimum Gasteiger partial charge on any atom is -0.464 e. The standard InChI is InChI=1S/C24H24N4O3/c1-2-23(29)27-11-9-16(15-27)13-22-25-26-24(30)28(22)20-6-3-17(4-7-20)18-5-8-21-19(14-18)10-12-31-21/h3-8,10,12,14,16H,2,9,11,13,15H2,1H3,(H,26,30). The fourth-order valence-electron chi connectivity index (χ4n) is 4.39. The molecular formula is C24H24N4O3. The van der Waals surface area contributed by atoms with Gasteiger partial charge in [-0.05, 0) is 53.8 Å². The van der Waals surface area contributed by atoms with E-state index in [1.54, 1.807) is 10.8 Å². The van der Waals surface area contributed by atoms with E-state index < -0.39 is 0 Å². The number of H-pyrrole nitrogens is 1. The third kappa shape index (κ3) is 3.67. The van der Waals surface area contributed by atoms with Crippen LogP contribution in [0.15, 0.2) is 64.0 Å². The van der Waals surface area contributed by atoms with Crippen molar-refractivity contribution >= 4 is 16.9 Å². The highest BCUT2D eigenvalue weighted by Crippen LogP contribution is 2.26. The lowest BCUT2D eigenvalue weighted by molar-refractivity contribution is -0.129. The van der Waals surface area contributed by atoms with Crippen LogP contribution < -0.4 is 5.69 Å². The molecule has 0 aliphatic carbocycles. The number of furan rings is 1. The summed E-state index contributed by atoms with van der Waals surface area (Å²) in [6.45, 7) is 3.39. The second kappa shape index (κ2) is 7.91. The number of likely N-dealkylation sites (tertiary alicyclic amines) is 1. The predicted octanol–water partition coefficient (Wildman–Crippen LogP) is 3.77. The smallest absolute Gasteiger partial charge is 0.347 e. The second-order valence-electron chi connectivity index (χ2n) is 8.05. The van der Waals surface area contributed by atoms with Gasteiger partial charge >= 0.3 is 5.69 Å². The van der Waals surface area contributed by atoms with Crippen LogP contribution in [0.25, 0.3) is 27.8 Å². The van der Waals surface area contributed by atoms with Crippen molar-refractivity contribution in [2.45, 2.75) is 26.2 Å². The van der Waals surface area contributed by atoms with Gasteiger partial charge in [-0.3, -0.25) is 4.79 Å². The van der Waals surface area contributed by atoms with Crippen molar-refractivity contribution in [3.63, 3.8) is 0 Å². The number of hydrogen-bond acceptors (Lipinski definition) is 4.